The van der Waals surface area contributed by atoms with E-state index in [4.69, 9.17) is 5.11 Å². The Morgan fingerprint density at radius 3 is 2.67 bits per heavy atom. The van der Waals surface area contributed by atoms with Crippen LogP contribution in [0.5, 0.6) is 0 Å². The summed E-state index contributed by atoms with van der Waals surface area (Å²) in [6.07, 6.45) is 3.17. The second-order valence-electron chi connectivity index (χ2n) is 6.01. The van der Waals surface area contributed by atoms with Gasteiger partial charge < -0.3 is 10.0 Å². The maximum atomic E-state index is 12.4. The molecule has 1 unspecified atom stereocenters. The highest BCUT2D eigenvalue weighted by atomic mass is 16.4. The minimum atomic E-state index is -0.841. The molecule has 0 bridgehead atoms. The lowest BCUT2D eigenvalue weighted by molar-refractivity contribution is -0.143. The molecule has 1 aliphatic carbocycles. The molecule has 2 rings (SSSR count). The van der Waals surface area contributed by atoms with Gasteiger partial charge >= 0.3 is 5.97 Å². The number of carbonyl (C=O) groups is 2. The molecule has 1 fully saturated rings. The molecule has 0 aliphatic heterocycles. The third-order valence-electron chi connectivity index (χ3n) is 3.91. The van der Waals surface area contributed by atoms with Gasteiger partial charge in [-0.25, -0.2) is 0 Å². The zero-order valence-corrected chi connectivity index (χ0v) is 12.7. The average molecular weight is 289 g/mol. The molecule has 4 nitrogen and oxygen atoms in total. The van der Waals surface area contributed by atoms with Crippen molar-refractivity contribution in [2.75, 3.05) is 6.54 Å². The van der Waals surface area contributed by atoms with E-state index in [1.54, 1.807) is 11.8 Å². The van der Waals surface area contributed by atoms with Crippen molar-refractivity contribution in [3.8, 4) is 0 Å². The minimum Gasteiger partial charge on any atom is -0.481 e. The number of amides is 1. The van der Waals surface area contributed by atoms with Crippen LogP contribution in [-0.4, -0.2) is 34.5 Å². The number of aryl methyl sites for hydroxylation is 2. The summed E-state index contributed by atoms with van der Waals surface area (Å²) in [7, 11) is 0. The first kappa shape index (κ1) is 15.5. The van der Waals surface area contributed by atoms with Crippen molar-refractivity contribution in [2.24, 2.45) is 5.92 Å². The van der Waals surface area contributed by atoms with Gasteiger partial charge in [-0.1, -0.05) is 36.8 Å². The van der Waals surface area contributed by atoms with Crippen LogP contribution in [0.25, 0.3) is 0 Å². The van der Waals surface area contributed by atoms with Gasteiger partial charge in [0, 0.05) is 19.0 Å². The van der Waals surface area contributed by atoms with Crippen LogP contribution in [0.1, 0.15) is 37.3 Å². The lowest BCUT2D eigenvalue weighted by atomic mass is 10.1. The van der Waals surface area contributed by atoms with E-state index in [9.17, 15) is 9.59 Å². The first-order valence-corrected chi connectivity index (χ1v) is 7.55. The van der Waals surface area contributed by atoms with Gasteiger partial charge in [-0.05, 0) is 31.7 Å². The lowest BCUT2D eigenvalue weighted by Crippen LogP contribution is -2.38. The first-order chi connectivity index (χ1) is 9.97. The van der Waals surface area contributed by atoms with Crippen LogP contribution in [-0.2, 0) is 16.0 Å². The molecule has 0 spiro atoms. The van der Waals surface area contributed by atoms with E-state index in [-0.39, 0.29) is 11.9 Å². The second-order valence-corrected chi connectivity index (χ2v) is 6.01. The number of carboxylic acids is 1. The van der Waals surface area contributed by atoms with Crippen molar-refractivity contribution in [1.82, 2.24) is 4.90 Å². The highest BCUT2D eigenvalue weighted by Crippen LogP contribution is 2.28. The third-order valence-corrected chi connectivity index (χ3v) is 3.91. The zero-order chi connectivity index (χ0) is 15.4. The number of rotatable bonds is 7. The number of hydrogen-bond acceptors (Lipinski definition) is 2. The minimum absolute atomic E-state index is 0.0760. The molecule has 1 saturated carbocycles. The molecule has 1 atom stereocenters. The van der Waals surface area contributed by atoms with Gasteiger partial charge in [0.25, 0.3) is 0 Å². The molecular formula is C17H23NO3. The maximum absolute atomic E-state index is 12.4. The summed E-state index contributed by atoms with van der Waals surface area (Å²) in [6, 6.07) is 8.42. The SMILES string of the molecule is Cc1cccc(CCC(=O)N(CC(C)C(=O)O)C2CC2)c1. The predicted octanol–water partition coefficient (Wildman–Crippen LogP) is 2.64. The van der Waals surface area contributed by atoms with E-state index in [1.165, 1.54) is 5.56 Å². The van der Waals surface area contributed by atoms with E-state index in [1.807, 2.05) is 25.1 Å². The third kappa shape index (κ3) is 4.59. The van der Waals surface area contributed by atoms with Crippen molar-refractivity contribution in [3.63, 3.8) is 0 Å². The Labute approximate surface area is 125 Å². The molecule has 1 amide bonds. The standard InChI is InChI=1S/C17H23NO3/c1-12-4-3-5-14(10-12)6-9-16(19)18(15-7-8-15)11-13(2)17(20)21/h3-5,10,13,15H,6-9,11H2,1-2H3,(H,20,21). The summed E-state index contributed by atoms with van der Waals surface area (Å²) in [4.78, 5) is 25.1. The number of hydrogen-bond donors (Lipinski definition) is 1. The number of nitrogens with zero attached hydrogens (tertiary/aromatic N) is 1. The first-order valence-electron chi connectivity index (χ1n) is 7.55. The van der Waals surface area contributed by atoms with Gasteiger partial charge in [0.2, 0.25) is 5.91 Å². The molecule has 0 saturated heterocycles. The van der Waals surface area contributed by atoms with Crippen molar-refractivity contribution in [1.29, 1.82) is 0 Å². The van der Waals surface area contributed by atoms with E-state index >= 15 is 0 Å². The van der Waals surface area contributed by atoms with Gasteiger partial charge in [-0.2, -0.15) is 0 Å². The van der Waals surface area contributed by atoms with E-state index in [0.717, 1.165) is 18.4 Å². The Bertz CT molecular complexity index is 523. The van der Waals surface area contributed by atoms with Crippen LogP contribution in [0.3, 0.4) is 0 Å². The van der Waals surface area contributed by atoms with Crippen molar-refractivity contribution in [3.05, 3.63) is 35.4 Å². The number of benzene rings is 1. The molecule has 0 radical (unpaired) electrons. The summed E-state index contributed by atoms with van der Waals surface area (Å²) < 4.78 is 0. The molecule has 1 aromatic carbocycles. The Hall–Kier alpha value is -1.84. The van der Waals surface area contributed by atoms with Crippen LogP contribution < -0.4 is 0 Å². The van der Waals surface area contributed by atoms with Gasteiger partial charge in [-0.3, -0.25) is 9.59 Å². The Morgan fingerprint density at radius 1 is 1.38 bits per heavy atom. The van der Waals surface area contributed by atoms with Gasteiger partial charge in [0.1, 0.15) is 0 Å². The molecular weight excluding hydrogens is 266 g/mol. The maximum Gasteiger partial charge on any atom is 0.308 e. The quantitative estimate of drug-likeness (QED) is 0.839. The lowest BCUT2D eigenvalue weighted by Gasteiger charge is -2.24. The smallest absolute Gasteiger partial charge is 0.308 e. The van der Waals surface area contributed by atoms with E-state index < -0.39 is 11.9 Å². The fraction of sp³-hybridized carbons (Fsp3) is 0.529. The van der Waals surface area contributed by atoms with Crippen LogP contribution in [0.15, 0.2) is 24.3 Å². The monoisotopic (exact) mass is 289 g/mol. The predicted molar refractivity (Wildman–Crippen MR) is 81.0 cm³/mol. The highest BCUT2D eigenvalue weighted by molar-refractivity contribution is 5.78. The Morgan fingerprint density at radius 2 is 2.10 bits per heavy atom. The van der Waals surface area contributed by atoms with Crippen LogP contribution in [0.2, 0.25) is 0 Å². The largest absolute Gasteiger partial charge is 0.481 e. The summed E-state index contributed by atoms with van der Waals surface area (Å²) in [6.45, 7) is 4.02. The molecule has 21 heavy (non-hydrogen) atoms. The summed E-state index contributed by atoms with van der Waals surface area (Å²) in [5.74, 6) is -1.27. The zero-order valence-electron chi connectivity index (χ0n) is 12.7. The molecule has 0 heterocycles. The highest BCUT2D eigenvalue weighted by Gasteiger charge is 2.34. The van der Waals surface area contributed by atoms with Gasteiger partial charge in [0.15, 0.2) is 0 Å². The number of carbonyl (C=O) groups excluding carboxylic acids is 1. The van der Waals surface area contributed by atoms with Gasteiger partial charge in [-0.15, -0.1) is 0 Å². The van der Waals surface area contributed by atoms with Crippen molar-refractivity contribution >= 4 is 11.9 Å². The molecule has 0 aromatic heterocycles. The van der Waals surface area contributed by atoms with E-state index in [2.05, 4.69) is 6.07 Å². The normalized spacial score (nSPS) is 15.5. The Kier molecular flexibility index (Phi) is 4.99. The summed E-state index contributed by atoms with van der Waals surface area (Å²) in [5, 5.41) is 9.02. The fourth-order valence-electron chi connectivity index (χ4n) is 2.48. The Balaban J connectivity index is 1.91. The van der Waals surface area contributed by atoms with Crippen LogP contribution in [0, 0.1) is 12.8 Å². The number of aliphatic carboxylic acids is 1. The fourth-order valence-corrected chi connectivity index (χ4v) is 2.48. The molecule has 1 aliphatic rings. The molecule has 4 heteroatoms. The number of carboxylic acid groups (broad SMARTS) is 1. The van der Waals surface area contributed by atoms with Crippen LogP contribution in [0.4, 0.5) is 0 Å². The van der Waals surface area contributed by atoms with Crippen molar-refractivity contribution < 1.29 is 14.7 Å². The second kappa shape index (κ2) is 6.74. The van der Waals surface area contributed by atoms with Gasteiger partial charge in [0.05, 0.1) is 5.92 Å². The molecule has 1 aromatic rings. The van der Waals surface area contributed by atoms with Crippen LogP contribution >= 0.6 is 0 Å². The average Bonchev–Trinajstić information content (AvgIpc) is 3.26. The summed E-state index contributed by atoms with van der Waals surface area (Å²) >= 11 is 0. The van der Waals surface area contributed by atoms with Crippen molar-refractivity contribution in [2.45, 2.75) is 45.6 Å². The molecule has 114 valence electrons. The molecule has 1 N–H and O–H groups in total. The summed E-state index contributed by atoms with van der Waals surface area (Å²) in [5.41, 5.74) is 2.35. The van der Waals surface area contributed by atoms with E-state index in [0.29, 0.717) is 19.4 Å². The topological polar surface area (TPSA) is 57.6 Å².